The number of non-ortho nitro benzene ring substituents is 1. The van der Waals surface area contributed by atoms with E-state index in [-0.39, 0.29) is 17.1 Å². The van der Waals surface area contributed by atoms with Crippen LogP contribution in [0.15, 0.2) is 36.4 Å². The number of hydrogen-bond donors (Lipinski definition) is 2. The van der Waals surface area contributed by atoms with Crippen LogP contribution < -0.4 is 10.1 Å². The maximum atomic E-state index is 12.5. The van der Waals surface area contributed by atoms with Crippen LogP contribution in [0.5, 0.6) is 5.75 Å². The number of H-pyrrole nitrogens is 1. The molecule has 3 aromatic rings. The zero-order valence-corrected chi connectivity index (χ0v) is 16.9. The predicted octanol–water partition coefficient (Wildman–Crippen LogP) is 3.76. The van der Waals surface area contributed by atoms with E-state index in [1.807, 2.05) is 6.07 Å². The Labute approximate surface area is 177 Å². The topological polar surface area (TPSA) is 124 Å². The summed E-state index contributed by atoms with van der Waals surface area (Å²) in [5.41, 5.74) is 3.92. The van der Waals surface area contributed by atoms with Crippen LogP contribution in [-0.2, 0) is 22.4 Å². The number of nitro benzene ring substituents is 1. The van der Waals surface area contributed by atoms with Crippen molar-refractivity contribution < 1.29 is 24.0 Å². The number of hydrogen-bond acceptors (Lipinski definition) is 6. The summed E-state index contributed by atoms with van der Waals surface area (Å²) in [5, 5.41) is 14.4. The van der Waals surface area contributed by atoms with E-state index in [9.17, 15) is 19.7 Å². The van der Waals surface area contributed by atoms with E-state index in [0.717, 1.165) is 36.6 Å². The Morgan fingerprint density at radius 3 is 2.74 bits per heavy atom. The lowest BCUT2D eigenvalue weighted by atomic mass is 9.95. The Kier molecular flexibility index (Phi) is 5.57. The number of methoxy groups -OCH3 is 1. The molecule has 1 aliphatic rings. The Morgan fingerprint density at radius 2 is 1.97 bits per heavy atom. The summed E-state index contributed by atoms with van der Waals surface area (Å²) in [6.07, 6.45) is 4.27. The van der Waals surface area contributed by atoms with Gasteiger partial charge in [-0.2, -0.15) is 0 Å². The molecule has 0 aliphatic heterocycles. The predicted molar refractivity (Wildman–Crippen MR) is 114 cm³/mol. The molecular weight excluding hydrogens is 402 g/mol. The van der Waals surface area contributed by atoms with E-state index >= 15 is 0 Å². The quantitative estimate of drug-likeness (QED) is 0.353. The third-order valence-electron chi connectivity index (χ3n) is 5.34. The van der Waals surface area contributed by atoms with Crippen LogP contribution in [-0.4, -0.2) is 35.5 Å². The molecule has 0 saturated carbocycles. The minimum absolute atomic E-state index is 0.136. The van der Waals surface area contributed by atoms with Gasteiger partial charge in [0, 0.05) is 22.7 Å². The van der Waals surface area contributed by atoms with E-state index in [2.05, 4.69) is 10.3 Å². The highest BCUT2D eigenvalue weighted by molar-refractivity contribution is 5.99. The second-order valence-electron chi connectivity index (χ2n) is 7.32. The average Bonchev–Trinajstić information content (AvgIpc) is 3.15. The number of amides is 1. The average molecular weight is 423 g/mol. The van der Waals surface area contributed by atoms with Crippen LogP contribution >= 0.6 is 0 Å². The summed E-state index contributed by atoms with van der Waals surface area (Å²) in [6, 6.07) is 9.14. The molecule has 0 atom stereocenters. The molecule has 9 heteroatoms. The first kappa shape index (κ1) is 20.4. The number of aromatic nitrogens is 1. The number of aryl methyl sites for hydroxylation is 2. The molecule has 1 amide bonds. The third-order valence-corrected chi connectivity index (χ3v) is 5.34. The number of benzene rings is 2. The van der Waals surface area contributed by atoms with Crippen LogP contribution in [0.4, 0.5) is 11.4 Å². The fourth-order valence-corrected chi connectivity index (χ4v) is 3.83. The van der Waals surface area contributed by atoms with E-state index < -0.39 is 23.4 Å². The second kappa shape index (κ2) is 8.47. The van der Waals surface area contributed by atoms with Crippen molar-refractivity contribution in [2.45, 2.75) is 25.7 Å². The van der Waals surface area contributed by atoms with Crippen molar-refractivity contribution in [1.82, 2.24) is 4.98 Å². The number of ether oxygens (including phenoxy) is 2. The normalized spacial score (nSPS) is 12.8. The molecule has 4 rings (SSSR count). The van der Waals surface area contributed by atoms with Crippen LogP contribution in [0.3, 0.4) is 0 Å². The molecule has 0 fully saturated rings. The lowest BCUT2D eigenvalue weighted by Crippen LogP contribution is -2.21. The number of rotatable bonds is 6. The zero-order valence-electron chi connectivity index (χ0n) is 16.9. The number of fused-ring (bicyclic) bond motifs is 3. The number of nitro groups is 1. The van der Waals surface area contributed by atoms with Gasteiger partial charge in [0.25, 0.3) is 11.6 Å². The molecule has 1 heterocycles. The van der Waals surface area contributed by atoms with Gasteiger partial charge in [0.1, 0.15) is 5.75 Å². The van der Waals surface area contributed by atoms with Gasteiger partial charge >= 0.3 is 5.97 Å². The molecule has 1 aromatic heterocycles. The highest BCUT2D eigenvalue weighted by atomic mass is 16.6. The van der Waals surface area contributed by atoms with Gasteiger partial charge in [-0.3, -0.25) is 14.9 Å². The molecule has 0 saturated heterocycles. The van der Waals surface area contributed by atoms with Gasteiger partial charge in [-0.15, -0.1) is 0 Å². The van der Waals surface area contributed by atoms with Crippen molar-refractivity contribution in [3.8, 4) is 5.75 Å². The Morgan fingerprint density at radius 1 is 1.16 bits per heavy atom. The number of aromatic amines is 1. The van der Waals surface area contributed by atoms with Gasteiger partial charge in [0.2, 0.25) is 0 Å². The molecule has 0 spiro atoms. The minimum atomic E-state index is -0.599. The summed E-state index contributed by atoms with van der Waals surface area (Å²) < 4.78 is 10.2. The highest BCUT2D eigenvalue weighted by Crippen LogP contribution is 2.30. The zero-order chi connectivity index (χ0) is 22.0. The van der Waals surface area contributed by atoms with Gasteiger partial charge in [-0.05, 0) is 55.5 Å². The summed E-state index contributed by atoms with van der Waals surface area (Å²) in [6.45, 7) is -0.498. The Balaban J connectivity index is 1.42. The molecule has 0 unspecified atom stereocenters. The van der Waals surface area contributed by atoms with Crippen LogP contribution in [0.25, 0.3) is 10.9 Å². The molecule has 2 aromatic carbocycles. The maximum absolute atomic E-state index is 12.5. The first-order chi connectivity index (χ1) is 15.0. The fraction of sp³-hybridized carbons (Fsp3) is 0.273. The van der Waals surface area contributed by atoms with Crippen LogP contribution in [0.1, 0.15) is 34.5 Å². The molecule has 1 aliphatic carbocycles. The highest BCUT2D eigenvalue weighted by Gasteiger charge is 2.18. The number of carbonyl (C=O) groups excluding carboxylic acids is 2. The van der Waals surface area contributed by atoms with E-state index in [1.54, 1.807) is 12.1 Å². The minimum Gasteiger partial charge on any atom is -0.494 e. The SMILES string of the molecule is COc1cc([N+](=O)[O-])ccc1NC(=O)COC(=O)c1ccc2[nH]c3c(c2c1)CCCC3. The Hall–Kier alpha value is -3.88. The second-order valence-corrected chi connectivity index (χ2v) is 7.32. The third kappa shape index (κ3) is 4.20. The van der Waals surface area contributed by atoms with E-state index in [0.29, 0.717) is 5.56 Å². The van der Waals surface area contributed by atoms with Crippen molar-refractivity contribution >= 4 is 34.2 Å². The van der Waals surface area contributed by atoms with Crippen molar-refractivity contribution in [3.05, 3.63) is 63.3 Å². The molecule has 160 valence electrons. The van der Waals surface area contributed by atoms with Crippen LogP contribution in [0.2, 0.25) is 0 Å². The van der Waals surface area contributed by atoms with Crippen molar-refractivity contribution in [2.24, 2.45) is 0 Å². The van der Waals surface area contributed by atoms with Crippen LogP contribution in [0, 0.1) is 10.1 Å². The van der Waals surface area contributed by atoms with E-state index in [1.165, 1.54) is 36.6 Å². The van der Waals surface area contributed by atoms with Crippen molar-refractivity contribution in [3.63, 3.8) is 0 Å². The fourth-order valence-electron chi connectivity index (χ4n) is 3.83. The smallest absolute Gasteiger partial charge is 0.338 e. The lowest BCUT2D eigenvalue weighted by molar-refractivity contribution is -0.384. The van der Waals surface area contributed by atoms with Gasteiger partial charge in [-0.1, -0.05) is 0 Å². The standard InChI is InChI=1S/C22H21N3O6/c1-30-20-11-14(25(28)29)7-9-19(20)24-21(26)12-31-22(27)13-6-8-18-16(10-13)15-4-2-3-5-17(15)23-18/h6-11,23H,2-5,12H2,1H3,(H,24,26). The number of anilines is 1. The molecule has 0 radical (unpaired) electrons. The van der Waals surface area contributed by atoms with Crippen molar-refractivity contribution in [2.75, 3.05) is 19.0 Å². The summed E-state index contributed by atoms with van der Waals surface area (Å²) in [5.74, 6) is -1.05. The van der Waals surface area contributed by atoms with E-state index in [4.69, 9.17) is 9.47 Å². The first-order valence-electron chi connectivity index (χ1n) is 9.89. The maximum Gasteiger partial charge on any atom is 0.338 e. The number of carbonyl (C=O) groups is 2. The van der Waals surface area contributed by atoms with Gasteiger partial charge in [0.15, 0.2) is 6.61 Å². The first-order valence-corrected chi connectivity index (χ1v) is 9.89. The molecule has 9 nitrogen and oxygen atoms in total. The number of nitrogens with zero attached hydrogens (tertiary/aromatic N) is 1. The molecule has 2 N–H and O–H groups in total. The van der Waals surface area contributed by atoms with Gasteiger partial charge in [0.05, 0.1) is 29.4 Å². The summed E-state index contributed by atoms with van der Waals surface area (Å²) in [7, 11) is 1.34. The number of nitrogens with one attached hydrogen (secondary N) is 2. The molecule has 0 bridgehead atoms. The van der Waals surface area contributed by atoms with Gasteiger partial charge in [-0.25, -0.2) is 4.79 Å². The summed E-state index contributed by atoms with van der Waals surface area (Å²) in [4.78, 5) is 38.4. The summed E-state index contributed by atoms with van der Waals surface area (Å²) >= 11 is 0. The number of esters is 1. The molecular formula is C22H21N3O6. The van der Waals surface area contributed by atoms with Crippen molar-refractivity contribution in [1.29, 1.82) is 0 Å². The monoisotopic (exact) mass is 423 g/mol. The Bertz CT molecular complexity index is 1180. The molecule has 31 heavy (non-hydrogen) atoms. The lowest BCUT2D eigenvalue weighted by Gasteiger charge is -2.11. The largest absolute Gasteiger partial charge is 0.494 e. The van der Waals surface area contributed by atoms with Gasteiger partial charge < -0.3 is 19.8 Å².